The Kier molecular flexibility index (Phi) is 4.75. The minimum Gasteiger partial charge on any atom is -0.478 e. The molecule has 2 aromatic rings. The van der Waals surface area contributed by atoms with Crippen molar-refractivity contribution in [1.82, 2.24) is 4.31 Å². The van der Waals surface area contributed by atoms with Gasteiger partial charge in [0.05, 0.1) is 17.4 Å². The van der Waals surface area contributed by atoms with Gasteiger partial charge in [-0.15, -0.1) is 0 Å². The van der Waals surface area contributed by atoms with E-state index >= 15 is 0 Å². The van der Waals surface area contributed by atoms with E-state index < -0.39 is 16.0 Å². The number of anilines is 2. The second-order valence-electron chi connectivity index (χ2n) is 8.91. The molecule has 0 bridgehead atoms. The molecule has 0 saturated heterocycles. The van der Waals surface area contributed by atoms with Gasteiger partial charge in [-0.1, -0.05) is 25.3 Å². The van der Waals surface area contributed by atoms with Crippen LogP contribution >= 0.6 is 0 Å². The molecule has 8 heteroatoms. The summed E-state index contributed by atoms with van der Waals surface area (Å²) in [6.07, 6.45) is 5.31. The Labute approximate surface area is 182 Å². The summed E-state index contributed by atoms with van der Waals surface area (Å²) in [4.78, 5) is 13.8. The van der Waals surface area contributed by atoms with Gasteiger partial charge in [-0.2, -0.15) is 4.31 Å². The molecule has 0 aromatic heterocycles. The van der Waals surface area contributed by atoms with E-state index in [2.05, 4.69) is 10.2 Å². The van der Waals surface area contributed by atoms with E-state index in [1.54, 1.807) is 25.2 Å². The number of sulfonamides is 1. The Morgan fingerprint density at radius 3 is 2.52 bits per heavy atom. The lowest BCUT2D eigenvalue weighted by Crippen LogP contribution is -2.50. The Balaban J connectivity index is 1.65. The topological polar surface area (TPSA) is 90.0 Å². The zero-order chi connectivity index (χ0) is 21.9. The monoisotopic (exact) mass is 441 g/mol. The molecule has 0 amide bonds. The minimum absolute atomic E-state index is 0.197. The summed E-state index contributed by atoms with van der Waals surface area (Å²) in [6.45, 7) is 0.639. The molecule has 1 saturated carbocycles. The summed E-state index contributed by atoms with van der Waals surface area (Å²) >= 11 is 0. The number of nitrogens with zero attached hydrogens (tertiary/aromatic N) is 2. The molecule has 2 aliphatic heterocycles. The third kappa shape index (κ3) is 3.20. The average Bonchev–Trinajstić information content (AvgIpc) is 2.76. The third-order valence-electron chi connectivity index (χ3n) is 7.01. The number of hydrogen-bond donors (Lipinski definition) is 2. The lowest BCUT2D eigenvalue weighted by molar-refractivity contribution is 0.0697. The minimum atomic E-state index is -3.66. The second-order valence-corrected chi connectivity index (χ2v) is 10.9. The van der Waals surface area contributed by atoms with Gasteiger partial charge in [0.1, 0.15) is 4.90 Å². The van der Waals surface area contributed by atoms with Gasteiger partial charge in [0.25, 0.3) is 0 Å². The molecular weight excluding hydrogens is 414 g/mol. The normalized spacial score (nSPS) is 22.8. The molecule has 1 fully saturated rings. The fraction of sp³-hybridized carbons (Fsp3) is 0.435. The van der Waals surface area contributed by atoms with Crippen LogP contribution in [0.25, 0.3) is 11.1 Å². The first-order chi connectivity index (χ1) is 14.8. The number of carboxylic acid groups (broad SMARTS) is 1. The first-order valence-electron chi connectivity index (χ1n) is 10.8. The number of carboxylic acids is 1. The van der Waals surface area contributed by atoms with Crippen LogP contribution in [0.1, 0.15) is 48.0 Å². The van der Waals surface area contributed by atoms with Crippen LogP contribution in [0.2, 0.25) is 0 Å². The number of aromatic carboxylic acids is 1. The molecule has 3 aliphatic rings. The molecule has 1 atom stereocenters. The summed E-state index contributed by atoms with van der Waals surface area (Å²) in [6, 6.07) is 8.68. The smallest absolute Gasteiger partial charge is 0.335 e. The van der Waals surface area contributed by atoms with Crippen molar-refractivity contribution in [1.29, 1.82) is 0 Å². The Morgan fingerprint density at radius 1 is 1.06 bits per heavy atom. The molecule has 5 rings (SSSR count). The van der Waals surface area contributed by atoms with Crippen LogP contribution < -0.4 is 10.2 Å². The highest BCUT2D eigenvalue weighted by Crippen LogP contribution is 2.46. The second kappa shape index (κ2) is 7.24. The molecular formula is C23H27N3O4S. The maximum absolute atomic E-state index is 13.5. The highest BCUT2D eigenvalue weighted by Gasteiger charge is 2.41. The SMILES string of the molecule is CN1Cc2ccc(C(=O)O)cc2-c2cc3c(cc21)N[C@@H](C1CCCCC1)N(C)S3(=O)=O. The fourth-order valence-corrected chi connectivity index (χ4v) is 6.78. The number of carbonyl (C=O) groups is 1. The van der Waals surface area contributed by atoms with E-state index in [-0.39, 0.29) is 16.6 Å². The van der Waals surface area contributed by atoms with Crippen molar-refractivity contribution in [2.75, 3.05) is 24.3 Å². The van der Waals surface area contributed by atoms with Crippen LogP contribution in [0, 0.1) is 5.92 Å². The molecule has 1 aliphatic carbocycles. The van der Waals surface area contributed by atoms with Gasteiger partial charge < -0.3 is 15.3 Å². The Hall–Kier alpha value is -2.58. The largest absolute Gasteiger partial charge is 0.478 e. The lowest BCUT2D eigenvalue weighted by atomic mass is 9.86. The van der Waals surface area contributed by atoms with Crippen molar-refractivity contribution >= 4 is 27.4 Å². The van der Waals surface area contributed by atoms with Crippen molar-refractivity contribution in [2.45, 2.75) is 49.7 Å². The maximum Gasteiger partial charge on any atom is 0.335 e. The summed E-state index contributed by atoms with van der Waals surface area (Å²) in [7, 11) is -0.0303. The van der Waals surface area contributed by atoms with Crippen LogP contribution in [0.3, 0.4) is 0 Å². The van der Waals surface area contributed by atoms with Crippen molar-refractivity contribution in [3.8, 4) is 11.1 Å². The predicted octanol–water partition coefficient (Wildman–Crippen LogP) is 3.95. The van der Waals surface area contributed by atoms with Crippen LogP contribution in [-0.2, 0) is 16.6 Å². The van der Waals surface area contributed by atoms with E-state index in [1.165, 1.54) is 10.7 Å². The Morgan fingerprint density at radius 2 is 1.81 bits per heavy atom. The third-order valence-corrected chi connectivity index (χ3v) is 8.89. The van der Waals surface area contributed by atoms with Gasteiger partial charge in [-0.3, -0.25) is 0 Å². The summed E-state index contributed by atoms with van der Waals surface area (Å²) < 4.78 is 28.5. The predicted molar refractivity (Wildman–Crippen MR) is 120 cm³/mol. The summed E-state index contributed by atoms with van der Waals surface area (Å²) in [5.41, 5.74) is 4.25. The Bertz CT molecular complexity index is 1170. The number of nitrogens with one attached hydrogen (secondary N) is 1. The maximum atomic E-state index is 13.5. The van der Waals surface area contributed by atoms with Crippen LogP contribution in [-0.4, -0.2) is 44.1 Å². The number of hydrogen-bond acceptors (Lipinski definition) is 5. The summed E-state index contributed by atoms with van der Waals surface area (Å²) in [5, 5.41) is 12.9. The molecule has 2 N–H and O–H groups in total. The first-order valence-corrected chi connectivity index (χ1v) is 12.2. The van der Waals surface area contributed by atoms with Crippen LogP contribution in [0.5, 0.6) is 0 Å². The van der Waals surface area contributed by atoms with Gasteiger partial charge in [-0.05, 0) is 54.2 Å². The van der Waals surface area contributed by atoms with Crippen molar-refractivity contribution in [3.05, 3.63) is 41.5 Å². The van der Waals surface area contributed by atoms with Gasteiger partial charge in [0.15, 0.2) is 0 Å². The summed E-state index contributed by atoms with van der Waals surface area (Å²) in [5.74, 6) is -0.695. The van der Waals surface area contributed by atoms with Gasteiger partial charge in [-0.25, -0.2) is 13.2 Å². The van der Waals surface area contributed by atoms with Crippen molar-refractivity contribution in [3.63, 3.8) is 0 Å². The van der Waals surface area contributed by atoms with E-state index in [4.69, 9.17) is 0 Å². The number of benzene rings is 2. The standard InChI is InChI=1S/C23H27N3O4S/c1-25-13-16-9-8-15(23(27)28)10-17(16)18-11-21-19(12-20(18)25)24-22(26(2)31(21,29)30)14-6-4-3-5-7-14/h8-12,14,22,24H,3-7,13H2,1-2H3,(H,27,28)/t22-/m1/s1. The quantitative estimate of drug-likeness (QED) is 0.733. The van der Waals surface area contributed by atoms with Gasteiger partial charge in [0, 0.05) is 31.9 Å². The van der Waals surface area contributed by atoms with E-state index in [9.17, 15) is 18.3 Å². The highest BCUT2D eigenvalue weighted by atomic mass is 32.2. The molecule has 31 heavy (non-hydrogen) atoms. The molecule has 0 radical (unpaired) electrons. The highest BCUT2D eigenvalue weighted by molar-refractivity contribution is 7.89. The van der Waals surface area contributed by atoms with E-state index in [0.717, 1.165) is 48.1 Å². The average molecular weight is 442 g/mol. The van der Waals surface area contributed by atoms with Gasteiger partial charge in [0.2, 0.25) is 10.0 Å². The fourth-order valence-electron chi connectivity index (χ4n) is 5.28. The lowest BCUT2D eigenvalue weighted by Gasteiger charge is -2.41. The number of fused-ring (bicyclic) bond motifs is 4. The molecule has 164 valence electrons. The molecule has 0 spiro atoms. The number of rotatable bonds is 2. The first kappa shape index (κ1) is 20.3. The van der Waals surface area contributed by atoms with E-state index in [1.807, 2.05) is 19.2 Å². The molecule has 0 unspecified atom stereocenters. The van der Waals surface area contributed by atoms with E-state index in [0.29, 0.717) is 18.2 Å². The van der Waals surface area contributed by atoms with Gasteiger partial charge >= 0.3 is 5.97 Å². The van der Waals surface area contributed by atoms with Crippen molar-refractivity contribution in [2.24, 2.45) is 5.92 Å². The van der Waals surface area contributed by atoms with Crippen molar-refractivity contribution < 1.29 is 18.3 Å². The molecule has 2 aromatic carbocycles. The molecule has 7 nitrogen and oxygen atoms in total. The van der Waals surface area contributed by atoms with Crippen LogP contribution in [0.15, 0.2) is 35.2 Å². The van der Waals surface area contributed by atoms with Crippen LogP contribution in [0.4, 0.5) is 11.4 Å². The zero-order valence-corrected chi connectivity index (χ0v) is 18.6. The molecule has 2 heterocycles. The zero-order valence-electron chi connectivity index (χ0n) is 17.8.